The van der Waals surface area contributed by atoms with Crippen LogP contribution < -0.4 is 9.47 Å². The number of rotatable bonds is 8. The van der Waals surface area contributed by atoms with Crippen LogP contribution in [0.4, 0.5) is 0 Å². The van der Waals surface area contributed by atoms with Gasteiger partial charge < -0.3 is 19.7 Å². The van der Waals surface area contributed by atoms with Gasteiger partial charge in [-0.2, -0.15) is 0 Å². The number of hydrogen-bond donors (Lipinski definition) is 2. The van der Waals surface area contributed by atoms with Crippen LogP contribution in [-0.4, -0.2) is 28.9 Å². The predicted molar refractivity (Wildman–Crippen MR) is 103 cm³/mol. The van der Waals surface area contributed by atoms with Crippen molar-refractivity contribution < 1.29 is 24.5 Å². The van der Waals surface area contributed by atoms with Crippen molar-refractivity contribution in [2.45, 2.75) is 45.1 Å². The van der Waals surface area contributed by atoms with Crippen molar-refractivity contribution in [1.29, 1.82) is 0 Å². The number of fused-ring (bicyclic) bond motifs is 1. The third-order valence-corrected chi connectivity index (χ3v) is 5.11. The third kappa shape index (κ3) is 4.18. The molecule has 1 heterocycles. The summed E-state index contributed by atoms with van der Waals surface area (Å²) in [6.45, 7) is 4.15. The molecule has 2 aromatic carbocycles. The molecule has 27 heavy (non-hydrogen) atoms. The van der Waals surface area contributed by atoms with Crippen molar-refractivity contribution in [2.75, 3.05) is 6.61 Å². The van der Waals surface area contributed by atoms with Crippen LogP contribution in [0.5, 0.6) is 17.2 Å². The van der Waals surface area contributed by atoms with Crippen LogP contribution in [0.2, 0.25) is 0 Å². The van der Waals surface area contributed by atoms with Gasteiger partial charge in [-0.05, 0) is 49.6 Å². The first-order chi connectivity index (χ1) is 13.0. The number of aromatic hydroxyl groups is 1. The molecule has 0 amide bonds. The average Bonchev–Trinajstić information content (AvgIpc) is 3.00. The molecule has 0 saturated carbocycles. The zero-order valence-electron chi connectivity index (χ0n) is 15.7. The number of benzene rings is 2. The number of ether oxygens (including phenoxy) is 2. The standard InChI is InChI=1S/C22H26O5/c1-3-7-15-12-20-18(13-19(15)23)17(21(27-20)14(2)22(24)25)10-11-26-16-8-5-4-6-9-16/h4-6,8-9,12-14,17,21,23H,3,7,10-11H2,1-2H3,(H,24,25)/t14-,17+,21?/m1/s1. The van der Waals surface area contributed by atoms with Crippen LogP contribution in [0.3, 0.4) is 0 Å². The smallest absolute Gasteiger partial charge is 0.310 e. The van der Waals surface area contributed by atoms with Crippen molar-refractivity contribution in [3.63, 3.8) is 0 Å². The first kappa shape index (κ1) is 19.1. The Bertz CT molecular complexity index is 787. The Balaban J connectivity index is 1.81. The van der Waals surface area contributed by atoms with Crippen molar-refractivity contribution in [2.24, 2.45) is 5.92 Å². The molecule has 0 saturated heterocycles. The molecule has 0 bridgehead atoms. The summed E-state index contributed by atoms with van der Waals surface area (Å²) in [5, 5.41) is 19.8. The molecule has 3 atom stereocenters. The van der Waals surface area contributed by atoms with Crippen LogP contribution in [0.1, 0.15) is 43.7 Å². The number of aliphatic carboxylic acids is 1. The van der Waals surface area contributed by atoms with E-state index in [4.69, 9.17) is 9.47 Å². The zero-order chi connectivity index (χ0) is 19.4. The number of carboxylic acid groups (broad SMARTS) is 1. The van der Waals surface area contributed by atoms with E-state index in [1.165, 1.54) is 0 Å². The topological polar surface area (TPSA) is 76.0 Å². The van der Waals surface area contributed by atoms with Crippen molar-refractivity contribution in [1.82, 2.24) is 0 Å². The monoisotopic (exact) mass is 370 g/mol. The van der Waals surface area contributed by atoms with Gasteiger partial charge >= 0.3 is 5.97 Å². The molecule has 0 aromatic heterocycles. The van der Waals surface area contributed by atoms with Crippen molar-refractivity contribution in [3.05, 3.63) is 53.6 Å². The molecular weight excluding hydrogens is 344 g/mol. The summed E-state index contributed by atoms with van der Waals surface area (Å²) >= 11 is 0. The van der Waals surface area contributed by atoms with E-state index in [2.05, 4.69) is 0 Å². The molecule has 0 aliphatic carbocycles. The van der Waals surface area contributed by atoms with Crippen molar-refractivity contribution >= 4 is 5.97 Å². The van der Waals surface area contributed by atoms with E-state index in [1.807, 2.05) is 43.3 Å². The summed E-state index contributed by atoms with van der Waals surface area (Å²) in [6, 6.07) is 13.1. The number of phenolic OH excluding ortho intramolecular Hbond substituents is 1. The molecule has 144 valence electrons. The van der Waals surface area contributed by atoms with E-state index < -0.39 is 18.0 Å². The molecule has 2 aromatic rings. The molecule has 5 nitrogen and oxygen atoms in total. The SMILES string of the molecule is CCCc1cc2c(cc1O)[C@H](CCOc1ccccc1)C([C@@H](C)C(=O)O)O2. The maximum atomic E-state index is 11.6. The fourth-order valence-electron chi connectivity index (χ4n) is 3.63. The van der Waals surface area contributed by atoms with Gasteiger partial charge in [-0.3, -0.25) is 4.79 Å². The Hall–Kier alpha value is -2.69. The molecule has 2 N–H and O–H groups in total. The number of aryl methyl sites for hydroxylation is 1. The van der Waals surface area contributed by atoms with Crippen LogP contribution >= 0.6 is 0 Å². The van der Waals surface area contributed by atoms with Crippen LogP contribution in [0, 0.1) is 5.92 Å². The highest BCUT2D eigenvalue weighted by Crippen LogP contribution is 2.45. The van der Waals surface area contributed by atoms with Gasteiger partial charge in [0.2, 0.25) is 0 Å². The van der Waals surface area contributed by atoms with Gasteiger partial charge in [-0.1, -0.05) is 31.5 Å². The lowest BCUT2D eigenvalue weighted by Crippen LogP contribution is -2.33. The summed E-state index contributed by atoms with van der Waals surface area (Å²) in [6.07, 6.45) is 1.80. The van der Waals surface area contributed by atoms with E-state index in [1.54, 1.807) is 13.0 Å². The average molecular weight is 370 g/mol. The highest BCUT2D eigenvalue weighted by Gasteiger charge is 2.41. The quantitative estimate of drug-likeness (QED) is 0.721. The van der Waals surface area contributed by atoms with Gasteiger partial charge in [-0.25, -0.2) is 0 Å². The minimum atomic E-state index is -0.889. The molecule has 0 radical (unpaired) electrons. The van der Waals surface area contributed by atoms with Crippen LogP contribution in [0.25, 0.3) is 0 Å². The summed E-state index contributed by atoms with van der Waals surface area (Å²) in [4.78, 5) is 11.6. The normalized spacial score (nSPS) is 19.2. The minimum absolute atomic E-state index is 0.142. The van der Waals surface area contributed by atoms with E-state index in [-0.39, 0.29) is 11.7 Å². The van der Waals surface area contributed by atoms with Gasteiger partial charge in [0.15, 0.2) is 0 Å². The van der Waals surface area contributed by atoms with E-state index in [9.17, 15) is 15.0 Å². The van der Waals surface area contributed by atoms with E-state index in [0.717, 1.165) is 29.7 Å². The number of hydrogen-bond acceptors (Lipinski definition) is 4. The maximum absolute atomic E-state index is 11.6. The van der Waals surface area contributed by atoms with Crippen LogP contribution in [-0.2, 0) is 11.2 Å². The maximum Gasteiger partial charge on any atom is 0.310 e. The van der Waals surface area contributed by atoms with E-state index in [0.29, 0.717) is 18.8 Å². The second-order valence-corrected chi connectivity index (χ2v) is 7.03. The Labute approximate surface area is 159 Å². The lowest BCUT2D eigenvalue weighted by molar-refractivity contribution is -0.144. The lowest BCUT2D eigenvalue weighted by Gasteiger charge is -2.22. The van der Waals surface area contributed by atoms with Gasteiger partial charge in [0.25, 0.3) is 0 Å². The highest BCUT2D eigenvalue weighted by atomic mass is 16.5. The molecule has 0 fully saturated rings. The molecule has 1 aliphatic heterocycles. The fourth-order valence-corrected chi connectivity index (χ4v) is 3.63. The summed E-state index contributed by atoms with van der Waals surface area (Å²) in [7, 11) is 0. The molecule has 1 unspecified atom stereocenters. The molecule has 0 spiro atoms. The lowest BCUT2D eigenvalue weighted by atomic mass is 9.85. The van der Waals surface area contributed by atoms with Gasteiger partial charge in [-0.15, -0.1) is 0 Å². The molecule has 5 heteroatoms. The zero-order valence-corrected chi connectivity index (χ0v) is 15.7. The van der Waals surface area contributed by atoms with Gasteiger partial charge in [0, 0.05) is 11.5 Å². The highest BCUT2D eigenvalue weighted by molar-refractivity contribution is 5.71. The van der Waals surface area contributed by atoms with Gasteiger partial charge in [0.1, 0.15) is 23.4 Å². The molecular formula is C22H26O5. The molecule has 3 rings (SSSR count). The fraction of sp³-hybridized carbons (Fsp3) is 0.409. The van der Waals surface area contributed by atoms with Crippen molar-refractivity contribution in [3.8, 4) is 17.2 Å². The number of carboxylic acids is 1. The number of para-hydroxylation sites is 1. The van der Waals surface area contributed by atoms with Crippen LogP contribution in [0.15, 0.2) is 42.5 Å². The summed E-state index contributed by atoms with van der Waals surface area (Å²) < 4.78 is 11.8. The second kappa shape index (κ2) is 8.33. The van der Waals surface area contributed by atoms with Gasteiger partial charge in [0.05, 0.1) is 12.5 Å². The second-order valence-electron chi connectivity index (χ2n) is 7.03. The summed E-state index contributed by atoms with van der Waals surface area (Å²) in [5.41, 5.74) is 1.70. The summed E-state index contributed by atoms with van der Waals surface area (Å²) in [5.74, 6) is 0.0172. The Morgan fingerprint density at radius 3 is 2.67 bits per heavy atom. The first-order valence-electron chi connectivity index (χ1n) is 9.44. The minimum Gasteiger partial charge on any atom is -0.508 e. The Kier molecular flexibility index (Phi) is 5.89. The largest absolute Gasteiger partial charge is 0.508 e. The first-order valence-corrected chi connectivity index (χ1v) is 9.44. The molecule has 1 aliphatic rings. The number of carbonyl (C=O) groups is 1. The predicted octanol–water partition coefficient (Wildman–Crippen LogP) is 4.38. The Morgan fingerprint density at radius 2 is 2.00 bits per heavy atom. The number of phenols is 1. The van der Waals surface area contributed by atoms with E-state index >= 15 is 0 Å². The Morgan fingerprint density at radius 1 is 1.26 bits per heavy atom. The third-order valence-electron chi connectivity index (χ3n) is 5.11.